The van der Waals surface area contributed by atoms with Gasteiger partial charge in [-0.25, -0.2) is 0 Å². The molecule has 2 atom stereocenters. The van der Waals surface area contributed by atoms with Gasteiger partial charge in [-0.3, -0.25) is 0 Å². The molecule has 0 aromatic heterocycles. The van der Waals surface area contributed by atoms with E-state index in [1.165, 1.54) is 24.8 Å². The fourth-order valence-electron chi connectivity index (χ4n) is 3.98. The van der Waals surface area contributed by atoms with Crippen LogP contribution in [0.15, 0.2) is 18.2 Å². The molecule has 112 valence electrons. The molecule has 3 heteroatoms. The Bertz CT molecular complexity index is 454. The maximum absolute atomic E-state index is 5.58. The Morgan fingerprint density at radius 1 is 1.20 bits per heavy atom. The van der Waals surface area contributed by atoms with Crippen molar-refractivity contribution >= 4 is 0 Å². The van der Waals surface area contributed by atoms with Gasteiger partial charge in [0.15, 0.2) is 0 Å². The molecule has 20 heavy (non-hydrogen) atoms. The van der Waals surface area contributed by atoms with E-state index in [0.717, 1.165) is 11.5 Å². The third-order valence-corrected chi connectivity index (χ3v) is 5.34. The van der Waals surface area contributed by atoms with Gasteiger partial charge in [0, 0.05) is 11.6 Å². The Kier molecular flexibility index (Phi) is 4.59. The number of rotatable bonds is 6. The molecule has 0 spiro atoms. The summed E-state index contributed by atoms with van der Waals surface area (Å²) in [5, 5.41) is 3.49. The largest absolute Gasteiger partial charge is 0.497 e. The van der Waals surface area contributed by atoms with Gasteiger partial charge in [0.2, 0.25) is 0 Å². The Labute approximate surface area is 122 Å². The lowest BCUT2D eigenvalue weighted by atomic mass is 9.51. The minimum atomic E-state index is 0.328. The smallest absolute Gasteiger partial charge is 0.122 e. The second-order valence-electron chi connectivity index (χ2n) is 5.68. The van der Waals surface area contributed by atoms with Crippen molar-refractivity contribution in [2.24, 2.45) is 5.41 Å². The van der Waals surface area contributed by atoms with E-state index >= 15 is 0 Å². The van der Waals surface area contributed by atoms with E-state index in [9.17, 15) is 0 Å². The zero-order valence-electron chi connectivity index (χ0n) is 13.3. The first-order chi connectivity index (χ1) is 9.66. The van der Waals surface area contributed by atoms with E-state index in [1.807, 2.05) is 12.1 Å². The molecule has 1 aromatic rings. The first-order valence-corrected chi connectivity index (χ1v) is 7.56. The highest BCUT2D eigenvalue weighted by atomic mass is 16.5. The molecule has 1 aromatic carbocycles. The quantitative estimate of drug-likeness (QED) is 0.862. The monoisotopic (exact) mass is 277 g/mol. The highest BCUT2D eigenvalue weighted by Crippen LogP contribution is 2.59. The second-order valence-corrected chi connectivity index (χ2v) is 5.68. The summed E-state index contributed by atoms with van der Waals surface area (Å²) in [5.74, 6) is 2.44. The lowest BCUT2D eigenvalue weighted by Crippen LogP contribution is -2.57. The van der Waals surface area contributed by atoms with Crippen LogP contribution in [-0.2, 0) is 0 Å². The van der Waals surface area contributed by atoms with Crippen molar-refractivity contribution in [2.45, 2.75) is 45.1 Å². The fourth-order valence-corrected chi connectivity index (χ4v) is 3.98. The molecule has 1 saturated carbocycles. The number of methoxy groups -OCH3 is 2. The lowest BCUT2D eigenvalue weighted by molar-refractivity contribution is 0.0232. The third kappa shape index (κ3) is 2.18. The van der Waals surface area contributed by atoms with Crippen LogP contribution in [0.2, 0.25) is 0 Å². The minimum absolute atomic E-state index is 0.328. The van der Waals surface area contributed by atoms with Gasteiger partial charge >= 0.3 is 0 Å². The van der Waals surface area contributed by atoms with Gasteiger partial charge < -0.3 is 14.8 Å². The summed E-state index contributed by atoms with van der Waals surface area (Å²) in [6, 6.07) is 6.74. The predicted molar refractivity (Wildman–Crippen MR) is 82.8 cm³/mol. The number of nitrogens with one attached hydrogen (secondary N) is 1. The Morgan fingerprint density at radius 3 is 2.40 bits per heavy atom. The van der Waals surface area contributed by atoms with E-state index < -0.39 is 0 Å². The molecule has 3 nitrogen and oxygen atoms in total. The van der Waals surface area contributed by atoms with E-state index in [-0.39, 0.29) is 0 Å². The standard InChI is InChI=1S/C17H27NO2/c1-6-17(7-2)14(11-16(17)18-3)13-10-12(19-4)8-9-15(13)20-5/h8-10,14,16,18H,6-7,11H2,1-5H3. The second kappa shape index (κ2) is 6.04. The molecule has 0 radical (unpaired) electrons. The van der Waals surface area contributed by atoms with Crippen molar-refractivity contribution in [1.82, 2.24) is 5.32 Å². The molecule has 2 unspecified atom stereocenters. The maximum atomic E-state index is 5.58. The van der Waals surface area contributed by atoms with Crippen LogP contribution in [-0.4, -0.2) is 27.3 Å². The average Bonchev–Trinajstić information content (AvgIpc) is 2.48. The van der Waals surface area contributed by atoms with Gasteiger partial charge in [-0.1, -0.05) is 13.8 Å². The Morgan fingerprint density at radius 2 is 1.90 bits per heavy atom. The minimum Gasteiger partial charge on any atom is -0.497 e. The van der Waals surface area contributed by atoms with Crippen LogP contribution >= 0.6 is 0 Å². The van der Waals surface area contributed by atoms with Gasteiger partial charge in [0.1, 0.15) is 11.5 Å². The number of hydrogen-bond donors (Lipinski definition) is 1. The molecule has 0 amide bonds. The fraction of sp³-hybridized carbons (Fsp3) is 0.647. The third-order valence-electron chi connectivity index (χ3n) is 5.34. The Balaban J connectivity index is 2.40. The van der Waals surface area contributed by atoms with Crippen LogP contribution in [0.4, 0.5) is 0 Å². The molecule has 0 aliphatic heterocycles. The van der Waals surface area contributed by atoms with Crippen molar-refractivity contribution < 1.29 is 9.47 Å². The van der Waals surface area contributed by atoms with Crippen molar-refractivity contribution in [1.29, 1.82) is 0 Å². The van der Waals surface area contributed by atoms with E-state index in [4.69, 9.17) is 9.47 Å². The average molecular weight is 277 g/mol. The maximum Gasteiger partial charge on any atom is 0.122 e. The number of hydrogen-bond acceptors (Lipinski definition) is 3. The van der Waals surface area contributed by atoms with Crippen LogP contribution < -0.4 is 14.8 Å². The summed E-state index contributed by atoms with van der Waals surface area (Å²) in [7, 11) is 5.54. The first-order valence-electron chi connectivity index (χ1n) is 7.56. The van der Waals surface area contributed by atoms with E-state index in [0.29, 0.717) is 17.4 Å². The van der Waals surface area contributed by atoms with Crippen molar-refractivity contribution in [2.75, 3.05) is 21.3 Å². The van der Waals surface area contributed by atoms with Gasteiger partial charge in [0.05, 0.1) is 14.2 Å². The summed E-state index contributed by atoms with van der Waals surface area (Å²) >= 11 is 0. The zero-order valence-corrected chi connectivity index (χ0v) is 13.3. The van der Waals surface area contributed by atoms with Crippen LogP contribution in [0.25, 0.3) is 0 Å². The van der Waals surface area contributed by atoms with Crippen molar-refractivity contribution in [3.63, 3.8) is 0 Å². The molecule has 0 saturated heterocycles. The molecule has 2 rings (SSSR count). The zero-order chi connectivity index (χ0) is 14.8. The number of ether oxygens (including phenoxy) is 2. The van der Waals surface area contributed by atoms with Crippen LogP contribution in [0, 0.1) is 5.41 Å². The molecule has 1 aliphatic carbocycles. The summed E-state index contributed by atoms with van der Waals surface area (Å²) in [5.41, 5.74) is 1.62. The summed E-state index contributed by atoms with van der Waals surface area (Å²) in [4.78, 5) is 0. The highest BCUT2D eigenvalue weighted by Gasteiger charge is 2.53. The molecule has 0 bridgehead atoms. The van der Waals surface area contributed by atoms with Crippen molar-refractivity contribution in [3.8, 4) is 11.5 Å². The molecule has 1 N–H and O–H groups in total. The molecular formula is C17H27NO2. The van der Waals surface area contributed by atoms with E-state index in [2.05, 4.69) is 32.3 Å². The van der Waals surface area contributed by atoms with Crippen LogP contribution in [0.3, 0.4) is 0 Å². The molecule has 0 heterocycles. The Hall–Kier alpha value is -1.22. The molecule has 1 fully saturated rings. The van der Waals surface area contributed by atoms with Gasteiger partial charge in [-0.2, -0.15) is 0 Å². The van der Waals surface area contributed by atoms with Crippen LogP contribution in [0.5, 0.6) is 11.5 Å². The molecule has 1 aliphatic rings. The highest BCUT2D eigenvalue weighted by molar-refractivity contribution is 5.45. The van der Waals surface area contributed by atoms with Crippen molar-refractivity contribution in [3.05, 3.63) is 23.8 Å². The molecular weight excluding hydrogens is 250 g/mol. The first kappa shape index (κ1) is 15.2. The summed E-state index contributed by atoms with van der Waals surface area (Å²) in [6.07, 6.45) is 3.53. The predicted octanol–water partition coefficient (Wildman–Crippen LogP) is 3.59. The topological polar surface area (TPSA) is 30.5 Å². The van der Waals surface area contributed by atoms with Gasteiger partial charge in [0.25, 0.3) is 0 Å². The van der Waals surface area contributed by atoms with Gasteiger partial charge in [-0.15, -0.1) is 0 Å². The summed E-state index contributed by atoms with van der Waals surface area (Å²) < 4.78 is 11.0. The summed E-state index contributed by atoms with van der Waals surface area (Å²) in [6.45, 7) is 4.60. The number of benzene rings is 1. The van der Waals surface area contributed by atoms with Gasteiger partial charge in [-0.05, 0) is 55.8 Å². The van der Waals surface area contributed by atoms with Crippen LogP contribution in [0.1, 0.15) is 44.6 Å². The SMILES string of the molecule is CCC1(CC)C(NC)CC1c1cc(OC)ccc1OC. The van der Waals surface area contributed by atoms with E-state index in [1.54, 1.807) is 14.2 Å². The lowest BCUT2D eigenvalue weighted by Gasteiger charge is -2.56. The normalized spacial score (nSPS) is 24.1.